The Kier molecular flexibility index (Phi) is 5.57. The number of carbonyl (C=O) groups is 1. The fraction of sp³-hybridized carbons (Fsp3) is 0.440. The van der Waals surface area contributed by atoms with Gasteiger partial charge in [0, 0.05) is 61.2 Å². The minimum absolute atomic E-state index is 0.0664. The maximum Gasteiger partial charge on any atom is 0.227 e. The smallest absolute Gasteiger partial charge is 0.227 e. The first kappa shape index (κ1) is 20.3. The molecule has 2 saturated heterocycles. The molecule has 5 rings (SSSR count). The van der Waals surface area contributed by atoms with Crippen LogP contribution >= 0.6 is 11.3 Å². The third-order valence-electron chi connectivity index (χ3n) is 6.73. The van der Waals surface area contributed by atoms with E-state index in [0.29, 0.717) is 5.91 Å². The molecular formula is C25H30N4OS. The van der Waals surface area contributed by atoms with Crippen molar-refractivity contribution in [2.45, 2.75) is 26.7 Å². The van der Waals surface area contributed by atoms with Crippen molar-refractivity contribution in [3.05, 3.63) is 53.0 Å². The highest BCUT2D eigenvalue weighted by Crippen LogP contribution is 2.32. The Hall–Kier alpha value is -2.60. The summed E-state index contributed by atoms with van der Waals surface area (Å²) in [6, 6.07) is 10.9. The van der Waals surface area contributed by atoms with Crippen LogP contribution in [-0.2, 0) is 4.79 Å². The standard InChI is InChI=1S/C25H30N4OS/c1-18-5-6-19(2)22(16-18)27-11-13-28(14-12-27)25(30)20-4-3-10-29(17-20)24-21-8-15-31-23(21)7-9-26-24/h5-9,15-16,20H,3-4,10-14,17H2,1-2H3/t20-/m0/s1. The monoisotopic (exact) mass is 434 g/mol. The first-order chi connectivity index (χ1) is 15.1. The van der Waals surface area contributed by atoms with E-state index in [0.717, 1.165) is 57.9 Å². The van der Waals surface area contributed by atoms with Gasteiger partial charge >= 0.3 is 0 Å². The van der Waals surface area contributed by atoms with Gasteiger partial charge < -0.3 is 14.7 Å². The van der Waals surface area contributed by atoms with Gasteiger partial charge in [-0.3, -0.25) is 4.79 Å². The second-order valence-electron chi connectivity index (χ2n) is 8.85. The van der Waals surface area contributed by atoms with Crippen LogP contribution < -0.4 is 9.80 Å². The Morgan fingerprint density at radius 2 is 1.87 bits per heavy atom. The molecule has 1 atom stereocenters. The molecule has 2 fully saturated rings. The summed E-state index contributed by atoms with van der Waals surface area (Å²) in [6.07, 6.45) is 3.92. The number of aromatic nitrogens is 1. The predicted molar refractivity (Wildman–Crippen MR) is 129 cm³/mol. The number of amides is 1. The number of piperidine rings is 1. The van der Waals surface area contributed by atoms with Gasteiger partial charge in [-0.2, -0.15) is 0 Å². The highest BCUT2D eigenvalue weighted by atomic mass is 32.1. The molecule has 0 saturated carbocycles. The van der Waals surface area contributed by atoms with Crippen molar-refractivity contribution in [3.8, 4) is 0 Å². The minimum atomic E-state index is 0.0664. The average Bonchev–Trinajstić information content (AvgIpc) is 3.29. The van der Waals surface area contributed by atoms with Crippen LogP contribution in [0.1, 0.15) is 24.0 Å². The van der Waals surface area contributed by atoms with Crippen LogP contribution in [0.15, 0.2) is 41.9 Å². The van der Waals surface area contributed by atoms with Crippen molar-refractivity contribution in [2.75, 3.05) is 49.1 Å². The van der Waals surface area contributed by atoms with Crippen LogP contribution in [0.4, 0.5) is 11.5 Å². The number of rotatable bonds is 3. The highest BCUT2D eigenvalue weighted by Gasteiger charge is 2.32. The Morgan fingerprint density at radius 3 is 2.71 bits per heavy atom. The molecule has 3 aromatic rings. The maximum atomic E-state index is 13.4. The van der Waals surface area contributed by atoms with E-state index in [2.05, 4.69) is 69.2 Å². The molecule has 0 radical (unpaired) electrons. The van der Waals surface area contributed by atoms with Crippen LogP contribution in [0.25, 0.3) is 10.1 Å². The molecule has 0 unspecified atom stereocenters. The summed E-state index contributed by atoms with van der Waals surface area (Å²) < 4.78 is 1.26. The molecule has 162 valence electrons. The van der Waals surface area contributed by atoms with E-state index in [1.807, 2.05) is 6.20 Å². The van der Waals surface area contributed by atoms with Gasteiger partial charge in [-0.15, -0.1) is 11.3 Å². The SMILES string of the molecule is Cc1ccc(C)c(N2CCN(C(=O)[C@H]3CCCN(c4nccc5sccc45)C3)CC2)c1. The number of thiophene rings is 1. The summed E-state index contributed by atoms with van der Waals surface area (Å²) in [5, 5.41) is 3.33. The van der Waals surface area contributed by atoms with E-state index in [-0.39, 0.29) is 5.92 Å². The molecule has 0 N–H and O–H groups in total. The molecule has 1 aromatic carbocycles. The van der Waals surface area contributed by atoms with Crippen molar-refractivity contribution >= 4 is 38.8 Å². The lowest BCUT2D eigenvalue weighted by molar-refractivity contribution is -0.136. The zero-order chi connectivity index (χ0) is 21.4. The number of aryl methyl sites for hydroxylation is 2. The highest BCUT2D eigenvalue weighted by molar-refractivity contribution is 7.17. The lowest BCUT2D eigenvalue weighted by Gasteiger charge is -2.40. The quantitative estimate of drug-likeness (QED) is 0.609. The van der Waals surface area contributed by atoms with E-state index >= 15 is 0 Å². The number of piperazine rings is 1. The van der Waals surface area contributed by atoms with Gasteiger partial charge in [-0.25, -0.2) is 4.98 Å². The first-order valence-electron chi connectivity index (χ1n) is 11.3. The summed E-state index contributed by atoms with van der Waals surface area (Å²) in [4.78, 5) is 24.9. The van der Waals surface area contributed by atoms with Gasteiger partial charge in [-0.1, -0.05) is 12.1 Å². The number of carbonyl (C=O) groups excluding carboxylic acids is 1. The fourth-order valence-corrected chi connectivity index (χ4v) is 5.77. The van der Waals surface area contributed by atoms with E-state index in [4.69, 9.17) is 0 Å². The van der Waals surface area contributed by atoms with Crippen LogP contribution in [0.3, 0.4) is 0 Å². The third kappa shape index (κ3) is 4.01. The number of pyridine rings is 1. The molecule has 0 bridgehead atoms. The molecular weight excluding hydrogens is 404 g/mol. The minimum Gasteiger partial charge on any atom is -0.368 e. The summed E-state index contributed by atoms with van der Waals surface area (Å²) >= 11 is 1.75. The van der Waals surface area contributed by atoms with Gasteiger partial charge in [0.05, 0.1) is 5.92 Å². The number of anilines is 2. The predicted octanol–water partition coefficient (Wildman–Crippen LogP) is 4.48. The number of benzene rings is 1. The second kappa shape index (κ2) is 8.50. The van der Waals surface area contributed by atoms with Gasteiger partial charge in [-0.05, 0) is 61.4 Å². The Morgan fingerprint density at radius 1 is 1.03 bits per heavy atom. The Bertz CT molecular complexity index is 1090. The van der Waals surface area contributed by atoms with Gasteiger partial charge in [0.25, 0.3) is 0 Å². The number of hydrogen-bond donors (Lipinski definition) is 0. The number of fused-ring (bicyclic) bond motifs is 1. The van der Waals surface area contributed by atoms with Crippen LogP contribution in [0.2, 0.25) is 0 Å². The number of nitrogens with zero attached hydrogens (tertiary/aromatic N) is 4. The first-order valence-corrected chi connectivity index (χ1v) is 12.2. The lowest BCUT2D eigenvalue weighted by atomic mass is 9.96. The van der Waals surface area contributed by atoms with Gasteiger partial charge in [0.2, 0.25) is 5.91 Å². The molecule has 2 aliphatic rings. The molecule has 0 aliphatic carbocycles. The van der Waals surface area contributed by atoms with Gasteiger partial charge in [0.15, 0.2) is 0 Å². The molecule has 31 heavy (non-hydrogen) atoms. The molecule has 4 heterocycles. The molecule has 2 aliphatic heterocycles. The molecule has 6 heteroatoms. The van der Waals surface area contributed by atoms with Crippen molar-refractivity contribution in [1.82, 2.24) is 9.88 Å². The third-order valence-corrected chi connectivity index (χ3v) is 7.61. The normalized spacial score (nSPS) is 19.8. The van der Waals surface area contributed by atoms with E-state index in [1.54, 1.807) is 11.3 Å². The Balaban J connectivity index is 1.24. The van der Waals surface area contributed by atoms with Crippen LogP contribution in [-0.4, -0.2) is 55.1 Å². The molecule has 2 aromatic heterocycles. The fourth-order valence-electron chi connectivity index (χ4n) is 4.99. The van der Waals surface area contributed by atoms with Crippen molar-refractivity contribution in [1.29, 1.82) is 0 Å². The van der Waals surface area contributed by atoms with Crippen molar-refractivity contribution in [2.24, 2.45) is 5.92 Å². The molecule has 0 spiro atoms. The van der Waals surface area contributed by atoms with Crippen LogP contribution in [0, 0.1) is 19.8 Å². The maximum absolute atomic E-state index is 13.4. The zero-order valence-corrected chi connectivity index (χ0v) is 19.2. The molecule has 1 amide bonds. The lowest BCUT2D eigenvalue weighted by Crippen LogP contribution is -2.52. The summed E-state index contributed by atoms with van der Waals surface area (Å²) in [6.45, 7) is 9.49. The van der Waals surface area contributed by atoms with E-state index in [1.165, 1.54) is 26.9 Å². The van der Waals surface area contributed by atoms with Crippen molar-refractivity contribution in [3.63, 3.8) is 0 Å². The van der Waals surface area contributed by atoms with Gasteiger partial charge in [0.1, 0.15) is 5.82 Å². The average molecular weight is 435 g/mol. The summed E-state index contributed by atoms with van der Waals surface area (Å²) in [7, 11) is 0. The second-order valence-corrected chi connectivity index (χ2v) is 9.80. The molecule has 5 nitrogen and oxygen atoms in total. The Labute approximate surface area is 188 Å². The topological polar surface area (TPSA) is 39.7 Å². The summed E-state index contributed by atoms with van der Waals surface area (Å²) in [5.74, 6) is 1.43. The summed E-state index contributed by atoms with van der Waals surface area (Å²) in [5.41, 5.74) is 3.91. The largest absolute Gasteiger partial charge is 0.368 e. The van der Waals surface area contributed by atoms with Crippen LogP contribution in [0.5, 0.6) is 0 Å². The zero-order valence-electron chi connectivity index (χ0n) is 18.4. The van der Waals surface area contributed by atoms with E-state index < -0.39 is 0 Å². The van der Waals surface area contributed by atoms with E-state index in [9.17, 15) is 4.79 Å². The number of hydrogen-bond acceptors (Lipinski definition) is 5. The van der Waals surface area contributed by atoms with Crippen molar-refractivity contribution < 1.29 is 4.79 Å².